The number of morpholine rings is 1. The zero-order chi connectivity index (χ0) is 27.7. The van der Waals surface area contributed by atoms with Gasteiger partial charge in [0.1, 0.15) is 23.7 Å². The standard InChI is InChI=1S/C31H31N5O5/c37-29-8-6-25(30(38)33-29)36-14-20-12-21(3-4-23(20)31(36)39)41-22-9-10-34(15-22)13-18-1-5-24-19(11-18)2-7-28(32-24)35-16-27-26(35)17-40-27/h1-5,7,11-12,22,25-27H,6,8-10,13-17H2,(H,33,37,38)/t22-,25?,26?,27?/m0/s1. The maximum absolute atomic E-state index is 13.0. The minimum atomic E-state index is -0.612. The van der Waals surface area contributed by atoms with Crippen LogP contribution in [0.3, 0.4) is 0 Å². The molecule has 0 spiro atoms. The van der Waals surface area contributed by atoms with Crippen LogP contribution in [0.2, 0.25) is 0 Å². The molecular formula is C31H31N5O5. The smallest absolute Gasteiger partial charge is 0.255 e. The molecular weight excluding hydrogens is 522 g/mol. The maximum atomic E-state index is 13.0. The van der Waals surface area contributed by atoms with E-state index in [4.69, 9.17) is 14.5 Å². The summed E-state index contributed by atoms with van der Waals surface area (Å²) in [5, 5.41) is 3.50. The molecule has 0 radical (unpaired) electrons. The number of imide groups is 1. The van der Waals surface area contributed by atoms with Crippen LogP contribution in [0.15, 0.2) is 48.5 Å². The fourth-order valence-electron chi connectivity index (χ4n) is 6.77. The first-order chi connectivity index (χ1) is 20.0. The molecule has 4 fully saturated rings. The van der Waals surface area contributed by atoms with Crippen LogP contribution in [0.25, 0.3) is 10.9 Å². The summed E-state index contributed by atoms with van der Waals surface area (Å²) in [6.45, 7) is 4.72. The van der Waals surface area contributed by atoms with Crippen molar-refractivity contribution in [1.29, 1.82) is 0 Å². The summed E-state index contributed by atoms with van der Waals surface area (Å²) >= 11 is 0. The van der Waals surface area contributed by atoms with Crippen molar-refractivity contribution in [3.05, 3.63) is 65.2 Å². The average molecular weight is 554 g/mol. The van der Waals surface area contributed by atoms with Crippen LogP contribution in [-0.4, -0.2) is 83.0 Å². The monoisotopic (exact) mass is 553 g/mol. The van der Waals surface area contributed by atoms with Crippen molar-refractivity contribution >= 4 is 34.4 Å². The Bertz CT molecular complexity index is 1590. The van der Waals surface area contributed by atoms with Gasteiger partial charge in [-0.15, -0.1) is 0 Å². The number of carbonyl (C=O) groups excluding carboxylic acids is 3. The number of aromatic nitrogens is 1. The van der Waals surface area contributed by atoms with Crippen LogP contribution in [0.1, 0.15) is 40.7 Å². The quantitative estimate of drug-likeness (QED) is 0.464. The summed E-state index contributed by atoms with van der Waals surface area (Å²) in [7, 11) is 0. The summed E-state index contributed by atoms with van der Waals surface area (Å²) in [6, 6.07) is 16.3. The molecule has 6 heterocycles. The second-order valence-electron chi connectivity index (χ2n) is 11.8. The Morgan fingerprint density at radius 1 is 1.00 bits per heavy atom. The normalized spacial score (nSPS) is 27.4. The number of hydrogen-bond donors (Lipinski definition) is 1. The van der Waals surface area contributed by atoms with E-state index in [0.717, 1.165) is 67.2 Å². The number of anilines is 1. The van der Waals surface area contributed by atoms with Gasteiger partial charge in [-0.2, -0.15) is 0 Å². The molecule has 5 aliphatic rings. The molecule has 0 aliphatic carbocycles. The topological polar surface area (TPSA) is 104 Å². The van der Waals surface area contributed by atoms with Crippen molar-refractivity contribution in [2.75, 3.05) is 31.1 Å². The minimum Gasteiger partial charge on any atom is -0.489 e. The van der Waals surface area contributed by atoms with Gasteiger partial charge >= 0.3 is 0 Å². The largest absolute Gasteiger partial charge is 0.489 e. The molecule has 3 aromatic rings. The summed E-state index contributed by atoms with van der Waals surface area (Å²) in [4.78, 5) is 48.0. The van der Waals surface area contributed by atoms with E-state index in [0.29, 0.717) is 30.7 Å². The van der Waals surface area contributed by atoms with Crippen molar-refractivity contribution in [2.45, 2.75) is 56.6 Å². The molecule has 4 atom stereocenters. The minimum absolute atomic E-state index is 0.0666. The zero-order valence-corrected chi connectivity index (χ0v) is 22.6. The Morgan fingerprint density at radius 2 is 1.93 bits per heavy atom. The average Bonchev–Trinajstić information content (AvgIpc) is 3.53. The highest BCUT2D eigenvalue weighted by atomic mass is 16.5. The zero-order valence-electron chi connectivity index (χ0n) is 22.6. The molecule has 3 unspecified atom stereocenters. The Balaban J connectivity index is 0.885. The van der Waals surface area contributed by atoms with E-state index in [-0.39, 0.29) is 24.3 Å². The van der Waals surface area contributed by atoms with Crippen LogP contribution >= 0.6 is 0 Å². The van der Waals surface area contributed by atoms with E-state index >= 15 is 0 Å². The summed E-state index contributed by atoms with van der Waals surface area (Å²) in [5.74, 6) is 0.924. The molecule has 3 amide bonds. The molecule has 4 saturated heterocycles. The van der Waals surface area contributed by atoms with Gasteiger partial charge in [-0.05, 0) is 66.4 Å². The number of hydrogen-bond acceptors (Lipinski definition) is 8. The van der Waals surface area contributed by atoms with E-state index in [1.807, 2.05) is 12.1 Å². The molecule has 8 rings (SSSR count). The molecule has 1 N–H and O–H groups in total. The highest BCUT2D eigenvalue weighted by Gasteiger charge is 2.47. The molecule has 2 aromatic carbocycles. The number of nitrogens with zero attached hydrogens (tertiary/aromatic N) is 4. The molecule has 5 aliphatic heterocycles. The number of ether oxygens (including phenoxy) is 2. The highest BCUT2D eigenvalue weighted by Crippen LogP contribution is 2.35. The fraction of sp³-hybridized carbons (Fsp3) is 0.419. The number of amides is 3. The third-order valence-electron chi connectivity index (χ3n) is 9.15. The van der Waals surface area contributed by atoms with Gasteiger partial charge in [0.25, 0.3) is 5.91 Å². The Kier molecular flexibility index (Phi) is 5.75. The molecule has 0 saturated carbocycles. The first kappa shape index (κ1) is 24.8. The lowest BCUT2D eigenvalue weighted by molar-refractivity contribution is -0.136. The van der Waals surface area contributed by atoms with Gasteiger partial charge in [-0.3, -0.25) is 24.6 Å². The lowest BCUT2D eigenvalue weighted by Gasteiger charge is -2.55. The van der Waals surface area contributed by atoms with Gasteiger partial charge in [0.2, 0.25) is 11.8 Å². The molecule has 1 aromatic heterocycles. The number of benzene rings is 2. The molecule has 41 heavy (non-hydrogen) atoms. The molecule has 10 nitrogen and oxygen atoms in total. The molecule has 0 bridgehead atoms. The number of piperidine rings is 1. The van der Waals surface area contributed by atoms with Gasteiger partial charge < -0.3 is 19.3 Å². The Hall–Kier alpha value is -4.02. The number of likely N-dealkylation sites (tertiary alicyclic amines) is 1. The lowest BCUT2D eigenvalue weighted by atomic mass is 9.95. The van der Waals surface area contributed by atoms with Gasteiger partial charge in [0, 0.05) is 50.1 Å². The first-order valence-corrected chi connectivity index (χ1v) is 14.4. The molecule has 10 heteroatoms. The van der Waals surface area contributed by atoms with E-state index < -0.39 is 11.9 Å². The van der Waals surface area contributed by atoms with Gasteiger partial charge in [-0.25, -0.2) is 4.98 Å². The SMILES string of the molecule is O=C1CCC(N2Cc3cc(O[C@H]4CCN(Cc5ccc6nc(N7CC8OCC87)ccc6c5)C4)ccc3C2=O)C(=O)N1. The second-order valence-corrected chi connectivity index (χ2v) is 11.8. The molecule has 210 valence electrons. The van der Waals surface area contributed by atoms with Gasteiger partial charge in [0.05, 0.1) is 24.3 Å². The van der Waals surface area contributed by atoms with Crippen molar-refractivity contribution in [2.24, 2.45) is 0 Å². The van der Waals surface area contributed by atoms with Crippen LogP contribution in [0, 0.1) is 0 Å². The lowest BCUT2D eigenvalue weighted by Crippen LogP contribution is -2.71. The number of rotatable bonds is 6. The van der Waals surface area contributed by atoms with Crippen LogP contribution in [0.4, 0.5) is 5.82 Å². The summed E-state index contributed by atoms with van der Waals surface area (Å²) < 4.78 is 11.9. The van der Waals surface area contributed by atoms with E-state index in [2.05, 4.69) is 45.4 Å². The van der Waals surface area contributed by atoms with Crippen LogP contribution in [-0.2, 0) is 27.4 Å². The number of pyridine rings is 1. The van der Waals surface area contributed by atoms with E-state index in [9.17, 15) is 14.4 Å². The van der Waals surface area contributed by atoms with Gasteiger partial charge in [0.15, 0.2) is 0 Å². The predicted molar refractivity (Wildman–Crippen MR) is 149 cm³/mol. The summed E-state index contributed by atoms with van der Waals surface area (Å²) in [6.07, 6.45) is 1.99. The Labute approximate surface area is 237 Å². The van der Waals surface area contributed by atoms with E-state index in [1.165, 1.54) is 5.56 Å². The van der Waals surface area contributed by atoms with Crippen molar-refractivity contribution < 1.29 is 23.9 Å². The van der Waals surface area contributed by atoms with Crippen molar-refractivity contribution in [1.82, 2.24) is 20.1 Å². The third kappa shape index (κ3) is 4.33. The fourth-order valence-corrected chi connectivity index (χ4v) is 6.77. The maximum Gasteiger partial charge on any atom is 0.255 e. The van der Waals surface area contributed by atoms with E-state index in [1.54, 1.807) is 11.0 Å². The number of carbonyl (C=O) groups is 3. The van der Waals surface area contributed by atoms with Crippen LogP contribution < -0.4 is 15.0 Å². The number of fused-ring (bicyclic) bond motifs is 3. The Morgan fingerprint density at radius 3 is 2.73 bits per heavy atom. The second kappa shape index (κ2) is 9.53. The summed E-state index contributed by atoms with van der Waals surface area (Å²) in [5.41, 5.74) is 3.73. The third-order valence-corrected chi connectivity index (χ3v) is 9.15. The predicted octanol–water partition coefficient (Wildman–Crippen LogP) is 2.24. The number of nitrogens with one attached hydrogen (secondary N) is 1. The van der Waals surface area contributed by atoms with Gasteiger partial charge in [-0.1, -0.05) is 6.07 Å². The van der Waals surface area contributed by atoms with Crippen molar-refractivity contribution in [3.63, 3.8) is 0 Å². The highest BCUT2D eigenvalue weighted by molar-refractivity contribution is 6.05. The van der Waals surface area contributed by atoms with Crippen LogP contribution in [0.5, 0.6) is 5.75 Å². The van der Waals surface area contributed by atoms with Crippen molar-refractivity contribution in [3.8, 4) is 5.75 Å². The first-order valence-electron chi connectivity index (χ1n) is 14.4.